The summed E-state index contributed by atoms with van der Waals surface area (Å²) < 4.78 is 0.944. The number of carbonyl (C=O) groups excluding carboxylic acids is 1. The van der Waals surface area contributed by atoms with Crippen molar-refractivity contribution >= 4 is 61.4 Å². The van der Waals surface area contributed by atoms with Crippen molar-refractivity contribution in [3.63, 3.8) is 0 Å². The van der Waals surface area contributed by atoms with Crippen LogP contribution < -0.4 is 5.32 Å². The largest absolute Gasteiger partial charge is 0.325 e. The second-order valence-corrected chi connectivity index (χ2v) is 9.57. The number of benzene rings is 1. The van der Waals surface area contributed by atoms with E-state index in [1.165, 1.54) is 31.0 Å². The summed E-state index contributed by atoms with van der Waals surface area (Å²) in [7, 11) is 0. The lowest BCUT2D eigenvalue weighted by atomic mass is 9.90. The van der Waals surface area contributed by atoms with Crippen molar-refractivity contribution in [1.29, 1.82) is 0 Å². The molecule has 0 radical (unpaired) electrons. The van der Waals surface area contributed by atoms with Gasteiger partial charge in [-0.05, 0) is 55.3 Å². The molecule has 2 aromatic rings. The van der Waals surface area contributed by atoms with Gasteiger partial charge in [-0.3, -0.25) is 9.79 Å². The predicted molar refractivity (Wildman–Crippen MR) is 119 cm³/mol. The van der Waals surface area contributed by atoms with Crippen molar-refractivity contribution in [3.8, 4) is 0 Å². The molecule has 27 heavy (non-hydrogen) atoms. The highest BCUT2D eigenvalue weighted by Gasteiger charge is 2.38. The number of hydrogen-bond donors (Lipinski definition) is 1. The van der Waals surface area contributed by atoms with E-state index < -0.39 is 0 Å². The third kappa shape index (κ3) is 4.52. The summed E-state index contributed by atoms with van der Waals surface area (Å²) in [4.78, 5) is 23.6. The molecule has 1 N–H and O–H groups in total. The SMILES string of the molecule is O=C(CSC1=NC2(CCCCC2)N=C1c1cccs1)Nc1cccc(Br)c1. The normalized spacial score (nSPS) is 18.3. The van der Waals surface area contributed by atoms with E-state index in [2.05, 4.69) is 32.7 Å². The first-order chi connectivity index (χ1) is 13.1. The highest BCUT2D eigenvalue weighted by Crippen LogP contribution is 2.39. The van der Waals surface area contributed by atoms with Crippen molar-refractivity contribution in [2.24, 2.45) is 9.98 Å². The Kier molecular flexibility index (Phi) is 5.80. The number of nitrogens with zero attached hydrogens (tertiary/aromatic N) is 2. The molecule has 1 saturated carbocycles. The maximum atomic E-state index is 12.4. The molecule has 1 amide bonds. The van der Waals surface area contributed by atoms with Crippen molar-refractivity contribution in [3.05, 3.63) is 51.1 Å². The Morgan fingerprint density at radius 2 is 2.04 bits per heavy atom. The molecule has 140 valence electrons. The molecule has 2 aliphatic rings. The van der Waals surface area contributed by atoms with E-state index in [4.69, 9.17) is 9.98 Å². The summed E-state index contributed by atoms with van der Waals surface area (Å²) in [6.07, 6.45) is 5.63. The van der Waals surface area contributed by atoms with Crippen molar-refractivity contribution in [2.45, 2.75) is 37.8 Å². The molecule has 4 nitrogen and oxygen atoms in total. The van der Waals surface area contributed by atoms with E-state index in [0.717, 1.165) is 38.6 Å². The third-order valence-corrected chi connectivity index (χ3v) is 7.02. The maximum Gasteiger partial charge on any atom is 0.234 e. The second-order valence-electron chi connectivity index (χ2n) is 6.74. The molecule has 1 fully saturated rings. The molecule has 4 rings (SSSR count). The van der Waals surface area contributed by atoms with E-state index in [1.54, 1.807) is 11.3 Å². The number of nitrogens with one attached hydrogen (secondary N) is 1. The maximum absolute atomic E-state index is 12.4. The van der Waals surface area contributed by atoms with Gasteiger partial charge in [-0.1, -0.05) is 46.2 Å². The van der Waals surface area contributed by atoms with Gasteiger partial charge in [0.1, 0.15) is 10.8 Å². The second kappa shape index (κ2) is 8.29. The van der Waals surface area contributed by atoms with E-state index in [9.17, 15) is 4.79 Å². The first kappa shape index (κ1) is 18.9. The van der Waals surface area contributed by atoms with Crippen molar-refractivity contribution in [1.82, 2.24) is 0 Å². The van der Waals surface area contributed by atoms with Crippen LogP contribution in [-0.4, -0.2) is 28.1 Å². The summed E-state index contributed by atoms with van der Waals surface area (Å²) in [5.41, 5.74) is 1.46. The van der Waals surface area contributed by atoms with Crippen molar-refractivity contribution in [2.75, 3.05) is 11.1 Å². The number of anilines is 1. The first-order valence-electron chi connectivity index (χ1n) is 9.06. The van der Waals surface area contributed by atoms with E-state index in [1.807, 2.05) is 30.3 Å². The minimum absolute atomic E-state index is 0.0316. The molecule has 1 aromatic heterocycles. The van der Waals surface area contributed by atoms with Crippen LogP contribution in [0.25, 0.3) is 0 Å². The first-order valence-corrected chi connectivity index (χ1v) is 11.7. The third-order valence-electron chi connectivity index (χ3n) is 4.69. The quantitative estimate of drug-likeness (QED) is 0.630. The summed E-state index contributed by atoms with van der Waals surface area (Å²) in [6.45, 7) is 0. The lowest BCUT2D eigenvalue weighted by Gasteiger charge is -2.27. The molecule has 1 aliphatic carbocycles. The Balaban J connectivity index is 1.47. The fourth-order valence-electron chi connectivity index (χ4n) is 3.44. The van der Waals surface area contributed by atoms with Gasteiger partial charge in [0, 0.05) is 10.2 Å². The summed E-state index contributed by atoms with van der Waals surface area (Å²) in [5, 5.41) is 5.91. The number of halogens is 1. The van der Waals surface area contributed by atoms with Crippen LogP contribution in [0.15, 0.2) is 56.2 Å². The molecule has 1 spiro atoms. The molecular weight excluding hydrogens is 442 g/mol. The lowest BCUT2D eigenvalue weighted by Crippen LogP contribution is -2.25. The zero-order valence-electron chi connectivity index (χ0n) is 14.8. The van der Waals surface area contributed by atoms with Gasteiger partial charge in [-0.2, -0.15) is 0 Å². The average Bonchev–Trinajstić information content (AvgIpc) is 3.29. The van der Waals surface area contributed by atoms with E-state index in [0.29, 0.717) is 5.75 Å². The Hall–Kier alpha value is -1.44. The standard InChI is InChI=1S/C20H20BrN3OS2/c21-14-6-4-7-15(12-14)22-17(25)13-27-19-18(16-8-5-11-26-16)23-20(24-19)9-2-1-3-10-20/h4-8,11-12H,1-3,9-10,13H2,(H,22,25). The smallest absolute Gasteiger partial charge is 0.234 e. The summed E-state index contributed by atoms with van der Waals surface area (Å²) in [5.74, 6) is 0.294. The molecule has 0 saturated heterocycles. The van der Waals surface area contributed by atoms with Crippen LogP contribution in [0, 0.1) is 0 Å². The Morgan fingerprint density at radius 3 is 2.78 bits per heavy atom. The Labute approximate surface area is 175 Å². The lowest BCUT2D eigenvalue weighted by molar-refractivity contribution is -0.113. The minimum Gasteiger partial charge on any atom is -0.325 e. The van der Waals surface area contributed by atoms with Crippen LogP contribution in [0.1, 0.15) is 37.0 Å². The average molecular weight is 462 g/mol. The van der Waals surface area contributed by atoms with Gasteiger partial charge >= 0.3 is 0 Å². The zero-order valence-corrected chi connectivity index (χ0v) is 18.0. The molecule has 0 unspecified atom stereocenters. The number of carbonyl (C=O) groups is 1. The molecule has 1 aromatic carbocycles. The zero-order chi connectivity index (χ0) is 18.7. The van der Waals surface area contributed by atoms with E-state index >= 15 is 0 Å². The van der Waals surface area contributed by atoms with Crippen LogP contribution in [-0.2, 0) is 4.79 Å². The minimum atomic E-state index is -0.291. The molecule has 0 bridgehead atoms. The van der Waals surface area contributed by atoms with Crippen LogP contribution in [0.5, 0.6) is 0 Å². The highest BCUT2D eigenvalue weighted by atomic mass is 79.9. The molecule has 0 atom stereocenters. The van der Waals surface area contributed by atoms with Crippen molar-refractivity contribution < 1.29 is 4.79 Å². The number of thioether (sulfide) groups is 1. The predicted octanol–water partition coefficient (Wildman–Crippen LogP) is 5.74. The molecule has 2 heterocycles. The summed E-state index contributed by atoms with van der Waals surface area (Å²) in [6, 6.07) is 11.7. The number of hydrogen-bond acceptors (Lipinski definition) is 5. The van der Waals surface area contributed by atoms with E-state index in [-0.39, 0.29) is 11.6 Å². The van der Waals surface area contributed by atoms with Gasteiger partial charge in [0.05, 0.1) is 10.6 Å². The van der Waals surface area contributed by atoms with Crippen LogP contribution in [0.3, 0.4) is 0 Å². The fourth-order valence-corrected chi connectivity index (χ4v) is 5.48. The van der Waals surface area contributed by atoms with Crippen LogP contribution in [0.2, 0.25) is 0 Å². The topological polar surface area (TPSA) is 53.8 Å². The number of thiophene rings is 1. The van der Waals surface area contributed by atoms with Crippen LogP contribution >= 0.6 is 39.0 Å². The number of aliphatic imine (C=N–C) groups is 2. The van der Waals surface area contributed by atoms with Gasteiger partial charge in [-0.15, -0.1) is 11.3 Å². The monoisotopic (exact) mass is 461 g/mol. The fraction of sp³-hybridized carbons (Fsp3) is 0.350. The van der Waals surface area contributed by atoms with Gasteiger partial charge < -0.3 is 5.32 Å². The molecule has 1 aliphatic heterocycles. The van der Waals surface area contributed by atoms with Crippen LogP contribution in [0.4, 0.5) is 5.69 Å². The Bertz CT molecular complexity index is 886. The van der Waals surface area contributed by atoms with Gasteiger partial charge in [0.15, 0.2) is 5.66 Å². The van der Waals surface area contributed by atoms with Gasteiger partial charge in [-0.25, -0.2) is 4.99 Å². The van der Waals surface area contributed by atoms with Gasteiger partial charge in [0.25, 0.3) is 0 Å². The van der Waals surface area contributed by atoms with Gasteiger partial charge in [0.2, 0.25) is 5.91 Å². The number of rotatable bonds is 4. The summed E-state index contributed by atoms with van der Waals surface area (Å²) >= 11 is 6.60. The number of amides is 1. The highest BCUT2D eigenvalue weighted by molar-refractivity contribution is 9.10. The molecular formula is C20H20BrN3OS2. The Morgan fingerprint density at radius 1 is 1.19 bits per heavy atom. The molecule has 7 heteroatoms.